The van der Waals surface area contributed by atoms with Crippen LogP contribution < -0.4 is 10.5 Å². The molecular formula is C14H17N3O. The predicted octanol–water partition coefficient (Wildman–Crippen LogP) is 2.23. The van der Waals surface area contributed by atoms with Crippen molar-refractivity contribution in [2.45, 2.75) is 19.9 Å². The minimum Gasteiger partial charge on any atom is -0.494 e. The minimum absolute atomic E-state index is 0.319. The van der Waals surface area contributed by atoms with Crippen LogP contribution in [0.3, 0.4) is 0 Å². The molecule has 0 saturated carbocycles. The van der Waals surface area contributed by atoms with Crippen LogP contribution in [0.5, 0.6) is 5.75 Å². The molecule has 2 N–H and O–H groups in total. The summed E-state index contributed by atoms with van der Waals surface area (Å²) in [6.07, 6.45) is 3.43. The van der Waals surface area contributed by atoms with E-state index in [0.717, 1.165) is 22.7 Å². The summed E-state index contributed by atoms with van der Waals surface area (Å²) in [6, 6.07) is 7.43. The number of nitrogens with two attached hydrogens (primary N) is 1. The summed E-state index contributed by atoms with van der Waals surface area (Å²) in [7, 11) is 0. The first kappa shape index (κ1) is 12.5. The molecule has 1 unspecified atom stereocenters. The summed E-state index contributed by atoms with van der Waals surface area (Å²) in [6.45, 7) is 4.47. The first-order chi connectivity index (χ1) is 8.72. The number of ether oxygens (including phenoxy) is 1. The third kappa shape index (κ3) is 2.65. The van der Waals surface area contributed by atoms with E-state index in [4.69, 9.17) is 10.5 Å². The molecule has 0 radical (unpaired) electrons. The molecule has 0 saturated heterocycles. The molecule has 0 aliphatic heterocycles. The van der Waals surface area contributed by atoms with E-state index in [1.165, 1.54) is 0 Å². The van der Waals surface area contributed by atoms with E-state index < -0.39 is 0 Å². The number of aryl methyl sites for hydroxylation is 1. The van der Waals surface area contributed by atoms with E-state index in [1.54, 1.807) is 12.4 Å². The van der Waals surface area contributed by atoms with E-state index in [2.05, 4.69) is 9.97 Å². The molecule has 0 fully saturated rings. The second-order valence-corrected chi connectivity index (χ2v) is 4.03. The molecular weight excluding hydrogens is 226 g/mol. The molecule has 2 rings (SSSR count). The van der Waals surface area contributed by atoms with Crippen molar-refractivity contribution in [3.05, 3.63) is 53.6 Å². The zero-order chi connectivity index (χ0) is 13.0. The van der Waals surface area contributed by atoms with Crippen LogP contribution in [0.25, 0.3) is 0 Å². The maximum Gasteiger partial charge on any atom is 0.124 e. The maximum absolute atomic E-state index is 6.21. The fourth-order valence-electron chi connectivity index (χ4n) is 1.75. The van der Waals surface area contributed by atoms with Crippen LogP contribution >= 0.6 is 0 Å². The second kappa shape index (κ2) is 5.60. The van der Waals surface area contributed by atoms with Gasteiger partial charge in [0.25, 0.3) is 0 Å². The molecule has 1 atom stereocenters. The molecule has 1 aromatic carbocycles. The van der Waals surface area contributed by atoms with E-state index >= 15 is 0 Å². The van der Waals surface area contributed by atoms with Gasteiger partial charge in [-0.05, 0) is 19.9 Å². The lowest BCUT2D eigenvalue weighted by atomic mass is 10.0. The smallest absolute Gasteiger partial charge is 0.124 e. The summed E-state index contributed by atoms with van der Waals surface area (Å²) in [5, 5.41) is 0. The quantitative estimate of drug-likeness (QED) is 0.894. The molecule has 0 bridgehead atoms. The summed E-state index contributed by atoms with van der Waals surface area (Å²) < 4.78 is 5.58. The summed E-state index contributed by atoms with van der Waals surface area (Å²) in [4.78, 5) is 8.53. The SMILES string of the molecule is CCOc1ccccc1C(N)c1cnc(C)cn1. The van der Waals surface area contributed by atoms with Crippen molar-refractivity contribution in [2.75, 3.05) is 6.61 Å². The van der Waals surface area contributed by atoms with Gasteiger partial charge in [0.1, 0.15) is 5.75 Å². The van der Waals surface area contributed by atoms with Crippen molar-refractivity contribution in [3.8, 4) is 5.75 Å². The van der Waals surface area contributed by atoms with Crippen molar-refractivity contribution in [1.29, 1.82) is 0 Å². The van der Waals surface area contributed by atoms with Gasteiger partial charge in [0.15, 0.2) is 0 Å². The van der Waals surface area contributed by atoms with Gasteiger partial charge in [-0.3, -0.25) is 9.97 Å². The monoisotopic (exact) mass is 243 g/mol. The third-order valence-electron chi connectivity index (χ3n) is 2.67. The van der Waals surface area contributed by atoms with Crippen LogP contribution in [0.15, 0.2) is 36.7 Å². The van der Waals surface area contributed by atoms with Crippen LogP contribution in [0, 0.1) is 6.92 Å². The van der Waals surface area contributed by atoms with Crippen LogP contribution in [-0.4, -0.2) is 16.6 Å². The number of aromatic nitrogens is 2. The van der Waals surface area contributed by atoms with E-state index in [1.807, 2.05) is 38.1 Å². The highest BCUT2D eigenvalue weighted by Gasteiger charge is 2.15. The van der Waals surface area contributed by atoms with Crippen molar-refractivity contribution in [1.82, 2.24) is 9.97 Å². The third-order valence-corrected chi connectivity index (χ3v) is 2.67. The van der Waals surface area contributed by atoms with Crippen molar-refractivity contribution in [2.24, 2.45) is 5.73 Å². The van der Waals surface area contributed by atoms with E-state index in [0.29, 0.717) is 6.61 Å². The first-order valence-corrected chi connectivity index (χ1v) is 5.98. The highest BCUT2D eigenvalue weighted by Crippen LogP contribution is 2.26. The fourth-order valence-corrected chi connectivity index (χ4v) is 1.75. The average Bonchev–Trinajstić information content (AvgIpc) is 2.40. The van der Waals surface area contributed by atoms with Crippen LogP contribution in [-0.2, 0) is 0 Å². The topological polar surface area (TPSA) is 61.0 Å². The fraction of sp³-hybridized carbons (Fsp3) is 0.286. The average molecular weight is 243 g/mol. The molecule has 1 heterocycles. The summed E-state index contributed by atoms with van der Waals surface area (Å²) in [5.41, 5.74) is 8.77. The van der Waals surface area contributed by atoms with Gasteiger partial charge >= 0.3 is 0 Å². The standard InChI is InChI=1S/C14H17N3O/c1-3-18-13-7-5-4-6-11(13)14(15)12-9-16-10(2)8-17-12/h4-9,14H,3,15H2,1-2H3. The Labute approximate surface area is 107 Å². The zero-order valence-corrected chi connectivity index (χ0v) is 10.6. The Morgan fingerprint density at radius 2 is 2.00 bits per heavy atom. The number of hydrogen-bond acceptors (Lipinski definition) is 4. The number of hydrogen-bond donors (Lipinski definition) is 1. The second-order valence-electron chi connectivity index (χ2n) is 4.03. The van der Waals surface area contributed by atoms with Crippen LogP contribution in [0.4, 0.5) is 0 Å². The Hall–Kier alpha value is -1.94. The lowest BCUT2D eigenvalue weighted by molar-refractivity contribution is 0.335. The van der Waals surface area contributed by atoms with Gasteiger partial charge in [0, 0.05) is 11.8 Å². The Balaban J connectivity index is 2.33. The highest BCUT2D eigenvalue weighted by atomic mass is 16.5. The maximum atomic E-state index is 6.21. The molecule has 0 aliphatic rings. The van der Waals surface area contributed by atoms with Gasteiger partial charge in [-0.1, -0.05) is 18.2 Å². The number of rotatable bonds is 4. The van der Waals surface area contributed by atoms with Gasteiger partial charge in [0.2, 0.25) is 0 Å². The number of nitrogens with zero attached hydrogens (tertiary/aromatic N) is 2. The van der Waals surface area contributed by atoms with E-state index in [9.17, 15) is 0 Å². The van der Waals surface area contributed by atoms with Gasteiger partial charge in [0.05, 0.1) is 30.2 Å². The molecule has 0 aliphatic carbocycles. The molecule has 0 spiro atoms. The molecule has 1 aromatic heterocycles. The molecule has 4 nitrogen and oxygen atoms in total. The Morgan fingerprint density at radius 3 is 2.67 bits per heavy atom. The van der Waals surface area contributed by atoms with Gasteiger partial charge < -0.3 is 10.5 Å². The minimum atomic E-state index is -0.319. The highest BCUT2D eigenvalue weighted by molar-refractivity contribution is 5.39. The number of para-hydroxylation sites is 1. The number of benzene rings is 1. The molecule has 94 valence electrons. The van der Waals surface area contributed by atoms with Gasteiger partial charge in [-0.2, -0.15) is 0 Å². The molecule has 4 heteroatoms. The Kier molecular flexibility index (Phi) is 3.89. The zero-order valence-electron chi connectivity index (χ0n) is 10.6. The summed E-state index contributed by atoms with van der Waals surface area (Å²) >= 11 is 0. The molecule has 18 heavy (non-hydrogen) atoms. The first-order valence-electron chi connectivity index (χ1n) is 5.98. The van der Waals surface area contributed by atoms with Crippen molar-refractivity contribution >= 4 is 0 Å². The van der Waals surface area contributed by atoms with Crippen LogP contribution in [0.2, 0.25) is 0 Å². The predicted molar refractivity (Wildman–Crippen MR) is 70.4 cm³/mol. The molecule has 2 aromatic rings. The Bertz CT molecular complexity index is 511. The van der Waals surface area contributed by atoms with Crippen molar-refractivity contribution in [3.63, 3.8) is 0 Å². The van der Waals surface area contributed by atoms with Gasteiger partial charge in [-0.25, -0.2) is 0 Å². The van der Waals surface area contributed by atoms with Crippen LogP contribution in [0.1, 0.15) is 29.9 Å². The lowest BCUT2D eigenvalue weighted by Gasteiger charge is -2.15. The largest absolute Gasteiger partial charge is 0.494 e. The van der Waals surface area contributed by atoms with Crippen molar-refractivity contribution < 1.29 is 4.74 Å². The molecule has 0 amide bonds. The Morgan fingerprint density at radius 1 is 1.22 bits per heavy atom. The van der Waals surface area contributed by atoms with Gasteiger partial charge in [-0.15, -0.1) is 0 Å². The lowest BCUT2D eigenvalue weighted by Crippen LogP contribution is -2.15. The van der Waals surface area contributed by atoms with E-state index in [-0.39, 0.29) is 6.04 Å². The summed E-state index contributed by atoms with van der Waals surface area (Å²) in [5.74, 6) is 0.801. The normalized spacial score (nSPS) is 12.2.